The molecular weight excluding hydrogens is 340 g/mol. The Hall–Kier alpha value is -1.86. The Balaban J connectivity index is 2.01. The predicted octanol–water partition coefficient (Wildman–Crippen LogP) is 5.31. The molecular formula is C14H9ClF4N2S. The van der Waals surface area contributed by atoms with E-state index in [2.05, 4.69) is 10.6 Å². The molecule has 0 unspecified atom stereocenters. The van der Waals surface area contributed by atoms with Gasteiger partial charge < -0.3 is 10.6 Å². The van der Waals surface area contributed by atoms with Crippen LogP contribution in [0.3, 0.4) is 0 Å². The van der Waals surface area contributed by atoms with Crippen molar-refractivity contribution in [1.29, 1.82) is 0 Å². The first kappa shape index (κ1) is 16.5. The van der Waals surface area contributed by atoms with Gasteiger partial charge in [-0.3, -0.25) is 0 Å². The minimum atomic E-state index is -4.39. The zero-order valence-corrected chi connectivity index (χ0v) is 12.4. The fourth-order valence-corrected chi connectivity index (χ4v) is 2.03. The van der Waals surface area contributed by atoms with Crippen LogP contribution in [0.25, 0.3) is 0 Å². The van der Waals surface area contributed by atoms with Gasteiger partial charge in [0, 0.05) is 11.4 Å². The van der Waals surface area contributed by atoms with Gasteiger partial charge in [-0.05, 0) is 54.7 Å². The fourth-order valence-electron chi connectivity index (χ4n) is 1.61. The summed E-state index contributed by atoms with van der Waals surface area (Å²) >= 11 is 10.7. The largest absolute Gasteiger partial charge is 0.416 e. The number of hydrogen-bond donors (Lipinski definition) is 2. The predicted molar refractivity (Wildman–Crippen MR) is 82.7 cm³/mol. The van der Waals surface area contributed by atoms with Gasteiger partial charge in [0.2, 0.25) is 0 Å². The monoisotopic (exact) mass is 348 g/mol. The summed E-state index contributed by atoms with van der Waals surface area (Å²) in [4.78, 5) is 0. The molecule has 0 radical (unpaired) electrons. The molecule has 0 atom stereocenters. The number of hydrogen-bond acceptors (Lipinski definition) is 1. The maximum Gasteiger partial charge on any atom is 0.416 e. The van der Waals surface area contributed by atoms with Crippen molar-refractivity contribution in [2.24, 2.45) is 0 Å². The second-order valence-corrected chi connectivity index (χ2v) is 5.10. The van der Waals surface area contributed by atoms with Crippen molar-refractivity contribution in [3.8, 4) is 0 Å². The molecule has 0 aliphatic heterocycles. The third-order valence-electron chi connectivity index (χ3n) is 2.65. The molecule has 0 saturated carbocycles. The van der Waals surface area contributed by atoms with Gasteiger partial charge in [-0.1, -0.05) is 11.6 Å². The highest BCUT2D eigenvalue weighted by Gasteiger charge is 2.29. The Morgan fingerprint density at radius 2 is 1.50 bits per heavy atom. The number of rotatable bonds is 2. The maximum absolute atomic E-state index is 13.0. The van der Waals surface area contributed by atoms with Crippen LogP contribution in [-0.2, 0) is 6.18 Å². The zero-order valence-electron chi connectivity index (χ0n) is 10.8. The first-order valence-electron chi connectivity index (χ1n) is 5.96. The van der Waals surface area contributed by atoms with E-state index in [0.29, 0.717) is 11.4 Å². The second-order valence-electron chi connectivity index (χ2n) is 4.28. The summed E-state index contributed by atoms with van der Waals surface area (Å²) in [5.41, 5.74) is 0.0942. The molecule has 2 rings (SSSR count). The highest BCUT2D eigenvalue weighted by Crippen LogP contribution is 2.29. The first-order chi connectivity index (χ1) is 10.3. The van der Waals surface area contributed by atoms with Crippen molar-refractivity contribution >= 4 is 40.3 Å². The van der Waals surface area contributed by atoms with E-state index in [0.717, 1.165) is 12.1 Å². The molecule has 116 valence electrons. The summed E-state index contributed by atoms with van der Waals surface area (Å²) in [6, 6.07) is 8.35. The molecule has 0 spiro atoms. The molecule has 0 bridgehead atoms. The number of anilines is 2. The van der Waals surface area contributed by atoms with E-state index in [1.165, 1.54) is 30.3 Å². The number of benzene rings is 2. The Bertz CT molecular complexity index is 686. The van der Waals surface area contributed by atoms with E-state index in [4.69, 9.17) is 23.8 Å². The number of nitrogens with one attached hydrogen (secondary N) is 2. The van der Waals surface area contributed by atoms with Gasteiger partial charge in [-0.25, -0.2) is 4.39 Å². The van der Waals surface area contributed by atoms with E-state index in [1.54, 1.807) is 0 Å². The molecule has 8 heteroatoms. The smallest absolute Gasteiger partial charge is 0.332 e. The summed E-state index contributed by atoms with van der Waals surface area (Å²) in [6.07, 6.45) is -4.39. The van der Waals surface area contributed by atoms with Gasteiger partial charge >= 0.3 is 6.18 Å². The van der Waals surface area contributed by atoms with Crippen LogP contribution in [0.1, 0.15) is 5.56 Å². The van der Waals surface area contributed by atoms with E-state index in [1.807, 2.05) is 0 Å². The van der Waals surface area contributed by atoms with E-state index in [9.17, 15) is 17.6 Å². The molecule has 2 nitrogen and oxygen atoms in total. The van der Waals surface area contributed by atoms with Gasteiger partial charge in [-0.15, -0.1) is 0 Å². The summed E-state index contributed by atoms with van der Waals surface area (Å²) in [6.45, 7) is 0. The molecule has 0 aromatic heterocycles. The topological polar surface area (TPSA) is 24.1 Å². The maximum atomic E-state index is 13.0. The lowest BCUT2D eigenvalue weighted by Gasteiger charge is -2.12. The highest BCUT2D eigenvalue weighted by atomic mass is 35.5. The van der Waals surface area contributed by atoms with Crippen LogP contribution in [-0.4, -0.2) is 5.11 Å². The summed E-state index contributed by atoms with van der Waals surface area (Å²) < 4.78 is 50.3. The van der Waals surface area contributed by atoms with Crippen LogP contribution < -0.4 is 10.6 Å². The Morgan fingerprint density at radius 3 is 2.05 bits per heavy atom. The lowest BCUT2D eigenvalue weighted by atomic mass is 10.2. The molecule has 2 N–H and O–H groups in total. The highest BCUT2D eigenvalue weighted by molar-refractivity contribution is 7.80. The van der Waals surface area contributed by atoms with Crippen molar-refractivity contribution in [3.05, 3.63) is 58.9 Å². The first-order valence-corrected chi connectivity index (χ1v) is 6.74. The van der Waals surface area contributed by atoms with Gasteiger partial charge in [0.25, 0.3) is 0 Å². The van der Waals surface area contributed by atoms with Gasteiger partial charge in [0.1, 0.15) is 5.82 Å². The van der Waals surface area contributed by atoms with Crippen LogP contribution >= 0.6 is 23.8 Å². The summed E-state index contributed by atoms with van der Waals surface area (Å²) in [5.74, 6) is -0.561. The van der Waals surface area contributed by atoms with E-state index in [-0.39, 0.29) is 10.1 Å². The Kier molecular flexibility index (Phi) is 4.87. The fraction of sp³-hybridized carbons (Fsp3) is 0.0714. The van der Waals surface area contributed by atoms with Gasteiger partial charge in [-0.2, -0.15) is 13.2 Å². The number of thiocarbonyl (C=S) groups is 1. The molecule has 2 aromatic rings. The summed E-state index contributed by atoms with van der Waals surface area (Å²) in [7, 11) is 0. The molecule has 2 aromatic carbocycles. The lowest BCUT2D eigenvalue weighted by molar-refractivity contribution is -0.137. The van der Waals surface area contributed by atoms with Crippen LogP contribution in [0, 0.1) is 5.82 Å². The minimum absolute atomic E-state index is 0.0673. The SMILES string of the molecule is Fc1ccc(NC(=S)Nc2ccc(C(F)(F)F)cc2)cc1Cl. The quantitative estimate of drug-likeness (QED) is 0.568. The normalized spacial score (nSPS) is 11.1. The zero-order chi connectivity index (χ0) is 16.3. The molecule has 0 amide bonds. The average Bonchev–Trinajstić information content (AvgIpc) is 2.42. The van der Waals surface area contributed by atoms with E-state index < -0.39 is 17.6 Å². The van der Waals surface area contributed by atoms with Crippen molar-refractivity contribution in [1.82, 2.24) is 0 Å². The van der Waals surface area contributed by atoms with E-state index >= 15 is 0 Å². The van der Waals surface area contributed by atoms with Crippen LogP contribution in [0.5, 0.6) is 0 Å². The van der Waals surface area contributed by atoms with Crippen molar-refractivity contribution in [3.63, 3.8) is 0 Å². The molecule has 0 aliphatic carbocycles. The van der Waals surface area contributed by atoms with Crippen molar-refractivity contribution in [2.75, 3.05) is 10.6 Å². The minimum Gasteiger partial charge on any atom is -0.332 e. The second kappa shape index (κ2) is 6.50. The van der Waals surface area contributed by atoms with Crippen LogP contribution in [0.4, 0.5) is 28.9 Å². The van der Waals surface area contributed by atoms with Crippen LogP contribution in [0.2, 0.25) is 5.02 Å². The lowest BCUT2D eigenvalue weighted by Crippen LogP contribution is -2.19. The standard InChI is InChI=1S/C14H9ClF4N2S/c15-11-7-10(5-6-12(11)16)21-13(22)20-9-3-1-8(2-4-9)14(17,18)19/h1-7H,(H2,20,21,22). The van der Waals surface area contributed by atoms with Gasteiger partial charge in [0.05, 0.1) is 10.6 Å². The third kappa shape index (κ3) is 4.32. The number of alkyl halides is 3. The molecule has 0 fully saturated rings. The number of halogens is 5. The Labute approximate surface area is 134 Å². The molecule has 0 aliphatic rings. The molecule has 22 heavy (non-hydrogen) atoms. The molecule has 0 saturated heterocycles. The summed E-state index contributed by atoms with van der Waals surface area (Å²) in [5, 5.41) is 5.54. The third-order valence-corrected chi connectivity index (χ3v) is 3.14. The van der Waals surface area contributed by atoms with Gasteiger partial charge in [0.15, 0.2) is 5.11 Å². The van der Waals surface area contributed by atoms with Crippen molar-refractivity contribution < 1.29 is 17.6 Å². The van der Waals surface area contributed by atoms with Crippen LogP contribution in [0.15, 0.2) is 42.5 Å². The Morgan fingerprint density at radius 1 is 0.955 bits per heavy atom. The average molecular weight is 349 g/mol. The van der Waals surface area contributed by atoms with Crippen molar-refractivity contribution in [2.45, 2.75) is 6.18 Å². The molecule has 0 heterocycles.